The van der Waals surface area contributed by atoms with Crippen molar-refractivity contribution in [1.82, 2.24) is 10.3 Å². The molecule has 5 heteroatoms. The van der Waals surface area contributed by atoms with Gasteiger partial charge >= 0.3 is 0 Å². The molecule has 1 aliphatic rings. The number of aromatic nitrogens is 1. The van der Waals surface area contributed by atoms with Gasteiger partial charge in [0.2, 0.25) is 0 Å². The van der Waals surface area contributed by atoms with Crippen LogP contribution in [0.15, 0.2) is 22.1 Å². The van der Waals surface area contributed by atoms with Gasteiger partial charge in [-0.3, -0.25) is 4.79 Å². The number of nitrogens with one attached hydrogen (secondary N) is 1. The Morgan fingerprint density at radius 1 is 1.50 bits per heavy atom. The zero-order valence-corrected chi connectivity index (χ0v) is 10.8. The van der Waals surface area contributed by atoms with Crippen molar-refractivity contribution in [3.8, 4) is 0 Å². The molecule has 1 aliphatic carbocycles. The van der Waals surface area contributed by atoms with Crippen LogP contribution in [0.1, 0.15) is 23.2 Å². The summed E-state index contributed by atoms with van der Waals surface area (Å²) in [7, 11) is 0. The highest BCUT2D eigenvalue weighted by molar-refractivity contribution is 9.11. The van der Waals surface area contributed by atoms with Gasteiger partial charge in [-0.1, -0.05) is 0 Å². The second kappa shape index (κ2) is 3.82. The Balaban J connectivity index is 1.93. The number of halogens is 1. The Labute approximate surface area is 105 Å². The first kappa shape index (κ1) is 10.2. The molecular weight excluding hydrogens is 288 g/mol. The van der Waals surface area contributed by atoms with E-state index in [1.807, 2.05) is 18.2 Å². The fourth-order valence-corrected chi connectivity index (χ4v) is 2.98. The topological polar surface area (TPSA) is 42.0 Å². The molecule has 3 rings (SSSR count). The smallest absolute Gasteiger partial charge is 0.251 e. The van der Waals surface area contributed by atoms with Crippen molar-refractivity contribution in [2.75, 3.05) is 0 Å². The third-order valence-electron chi connectivity index (χ3n) is 2.54. The van der Waals surface area contributed by atoms with Gasteiger partial charge in [0.05, 0.1) is 10.2 Å². The van der Waals surface area contributed by atoms with Crippen LogP contribution in [0.25, 0.3) is 10.2 Å². The highest BCUT2D eigenvalue weighted by Gasteiger charge is 2.23. The van der Waals surface area contributed by atoms with Crippen LogP contribution in [0, 0.1) is 0 Å². The monoisotopic (exact) mass is 296 g/mol. The first-order valence-corrected chi connectivity index (χ1v) is 6.70. The number of amides is 1. The SMILES string of the molecule is O=C(NC1CC1)c1ccc2nc(Br)sc2c1. The Bertz CT molecular complexity index is 562. The quantitative estimate of drug-likeness (QED) is 0.926. The van der Waals surface area contributed by atoms with E-state index in [0.717, 1.165) is 32.5 Å². The van der Waals surface area contributed by atoms with Crippen LogP contribution in [0.5, 0.6) is 0 Å². The summed E-state index contributed by atoms with van der Waals surface area (Å²) in [5.41, 5.74) is 1.65. The summed E-state index contributed by atoms with van der Waals surface area (Å²) in [6, 6.07) is 6.01. The van der Waals surface area contributed by atoms with E-state index >= 15 is 0 Å². The van der Waals surface area contributed by atoms with E-state index in [-0.39, 0.29) is 5.91 Å². The van der Waals surface area contributed by atoms with Crippen LogP contribution in [0.4, 0.5) is 0 Å². The van der Waals surface area contributed by atoms with Crippen LogP contribution < -0.4 is 5.32 Å². The van der Waals surface area contributed by atoms with Crippen LogP contribution >= 0.6 is 27.3 Å². The van der Waals surface area contributed by atoms with Crippen molar-refractivity contribution >= 4 is 43.4 Å². The fraction of sp³-hybridized carbons (Fsp3) is 0.273. The summed E-state index contributed by atoms with van der Waals surface area (Å²) >= 11 is 4.89. The van der Waals surface area contributed by atoms with Crippen molar-refractivity contribution in [2.45, 2.75) is 18.9 Å². The van der Waals surface area contributed by atoms with Crippen molar-refractivity contribution in [2.24, 2.45) is 0 Å². The lowest BCUT2D eigenvalue weighted by Crippen LogP contribution is -2.25. The maximum atomic E-state index is 11.8. The third kappa shape index (κ3) is 1.97. The number of hydrogen-bond acceptors (Lipinski definition) is 3. The summed E-state index contributed by atoms with van der Waals surface area (Å²) in [6.45, 7) is 0. The van der Waals surface area contributed by atoms with Crippen molar-refractivity contribution in [3.05, 3.63) is 27.7 Å². The van der Waals surface area contributed by atoms with Gasteiger partial charge in [0.15, 0.2) is 3.92 Å². The van der Waals surface area contributed by atoms with Gasteiger partial charge in [-0.2, -0.15) is 0 Å². The third-order valence-corrected chi connectivity index (χ3v) is 4.01. The first-order chi connectivity index (χ1) is 7.72. The van der Waals surface area contributed by atoms with Gasteiger partial charge in [0.25, 0.3) is 5.91 Å². The molecule has 0 unspecified atom stereocenters. The standard InChI is InChI=1S/C11H9BrN2OS/c12-11-14-8-4-1-6(5-9(8)16-11)10(15)13-7-2-3-7/h1,4-5,7H,2-3H2,(H,13,15). The van der Waals surface area contributed by atoms with E-state index in [1.165, 1.54) is 0 Å². The number of carbonyl (C=O) groups is 1. The highest BCUT2D eigenvalue weighted by atomic mass is 79.9. The second-order valence-electron chi connectivity index (χ2n) is 3.90. The number of fused-ring (bicyclic) bond motifs is 1. The first-order valence-electron chi connectivity index (χ1n) is 5.09. The van der Waals surface area contributed by atoms with Gasteiger partial charge in [0, 0.05) is 11.6 Å². The molecule has 0 aliphatic heterocycles. The lowest BCUT2D eigenvalue weighted by atomic mass is 10.2. The summed E-state index contributed by atoms with van der Waals surface area (Å²) < 4.78 is 1.89. The zero-order valence-electron chi connectivity index (χ0n) is 8.37. The van der Waals surface area contributed by atoms with Gasteiger partial charge in [-0.25, -0.2) is 4.98 Å². The highest BCUT2D eigenvalue weighted by Crippen LogP contribution is 2.27. The maximum absolute atomic E-state index is 11.8. The molecule has 1 aromatic heterocycles. The summed E-state index contributed by atoms with van der Waals surface area (Å²) in [5.74, 6) is 0.0222. The van der Waals surface area contributed by atoms with Gasteiger partial charge < -0.3 is 5.32 Å². The van der Waals surface area contributed by atoms with Crippen LogP contribution in [-0.2, 0) is 0 Å². The molecule has 2 aromatic rings. The predicted octanol–water partition coefficient (Wildman–Crippen LogP) is 2.95. The number of hydrogen-bond donors (Lipinski definition) is 1. The molecular formula is C11H9BrN2OS. The zero-order chi connectivity index (χ0) is 11.1. The molecule has 82 valence electrons. The molecule has 1 N–H and O–H groups in total. The fourth-order valence-electron chi connectivity index (χ4n) is 1.53. The average molecular weight is 297 g/mol. The Morgan fingerprint density at radius 2 is 2.31 bits per heavy atom. The average Bonchev–Trinajstić information content (AvgIpc) is 2.96. The number of nitrogens with zero attached hydrogens (tertiary/aromatic N) is 1. The second-order valence-corrected chi connectivity index (χ2v) is 6.20. The largest absolute Gasteiger partial charge is 0.349 e. The lowest BCUT2D eigenvalue weighted by molar-refractivity contribution is 0.0951. The summed E-state index contributed by atoms with van der Waals surface area (Å²) in [4.78, 5) is 16.1. The van der Waals surface area contributed by atoms with Crippen LogP contribution in [0.3, 0.4) is 0 Å². The van der Waals surface area contributed by atoms with E-state index in [4.69, 9.17) is 0 Å². The van der Waals surface area contributed by atoms with Crippen LogP contribution in [-0.4, -0.2) is 16.9 Å². The van der Waals surface area contributed by atoms with Crippen molar-refractivity contribution < 1.29 is 4.79 Å². The minimum atomic E-state index is 0.0222. The molecule has 0 radical (unpaired) electrons. The Morgan fingerprint density at radius 3 is 3.06 bits per heavy atom. The van der Waals surface area contributed by atoms with E-state index in [1.54, 1.807) is 11.3 Å². The minimum absolute atomic E-state index is 0.0222. The molecule has 1 saturated carbocycles. The van der Waals surface area contributed by atoms with E-state index < -0.39 is 0 Å². The molecule has 1 aromatic carbocycles. The molecule has 0 bridgehead atoms. The van der Waals surface area contributed by atoms with Gasteiger partial charge in [-0.05, 0) is 47.0 Å². The maximum Gasteiger partial charge on any atom is 0.251 e. The van der Waals surface area contributed by atoms with Gasteiger partial charge in [-0.15, -0.1) is 11.3 Å². The number of carbonyl (C=O) groups excluding carboxylic acids is 1. The molecule has 1 fully saturated rings. The molecule has 1 amide bonds. The Kier molecular flexibility index (Phi) is 2.44. The number of benzene rings is 1. The molecule has 0 atom stereocenters. The molecule has 16 heavy (non-hydrogen) atoms. The molecule has 1 heterocycles. The van der Waals surface area contributed by atoms with Crippen LogP contribution in [0.2, 0.25) is 0 Å². The molecule has 3 nitrogen and oxygen atoms in total. The predicted molar refractivity (Wildman–Crippen MR) is 67.8 cm³/mol. The van der Waals surface area contributed by atoms with Crippen molar-refractivity contribution in [1.29, 1.82) is 0 Å². The van der Waals surface area contributed by atoms with E-state index in [2.05, 4.69) is 26.2 Å². The lowest BCUT2D eigenvalue weighted by Gasteiger charge is -2.02. The van der Waals surface area contributed by atoms with Gasteiger partial charge in [0.1, 0.15) is 0 Å². The van der Waals surface area contributed by atoms with E-state index in [9.17, 15) is 4.79 Å². The number of rotatable bonds is 2. The normalized spacial score (nSPS) is 15.3. The van der Waals surface area contributed by atoms with E-state index in [0.29, 0.717) is 6.04 Å². The summed E-state index contributed by atoms with van der Waals surface area (Å²) in [5, 5.41) is 2.98. The Hall–Kier alpha value is -0.940. The number of thiazole rings is 1. The van der Waals surface area contributed by atoms with Crippen molar-refractivity contribution in [3.63, 3.8) is 0 Å². The summed E-state index contributed by atoms with van der Waals surface area (Å²) in [6.07, 6.45) is 2.22. The molecule has 0 spiro atoms. The minimum Gasteiger partial charge on any atom is -0.349 e. The molecule has 0 saturated heterocycles.